The van der Waals surface area contributed by atoms with Crippen molar-refractivity contribution in [1.29, 1.82) is 0 Å². The highest BCUT2D eigenvalue weighted by molar-refractivity contribution is 5.94. The van der Waals surface area contributed by atoms with Gasteiger partial charge in [-0.1, -0.05) is 38.1 Å². The molecule has 0 aliphatic carbocycles. The van der Waals surface area contributed by atoms with Crippen LogP contribution >= 0.6 is 0 Å². The molecule has 0 bridgehead atoms. The van der Waals surface area contributed by atoms with Crippen molar-refractivity contribution in [3.63, 3.8) is 0 Å². The number of nitrogens with one attached hydrogen (secondary N) is 1. The zero-order valence-electron chi connectivity index (χ0n) is 18.9. The predicted molar refractivity (Wildman–Crippen MR) is 128 cm³/mol. The smallest absolute Gasteiger partial charge is 0.230 e. The lowest BCUT2D eigenvalue weighted by atomic mass is 9.97. The summed E-state index contributed by atoms with van der Waals surface area (Å²) in [4.78, 5) is 17.9. The number of amides is 1. The summed E-state index contributed by atoms with van der Waals surface area (Å²) in [5.41, 5.74) is 6.64. The molecule has 2 aromatic heterocycles. The van der Waals surface area contributed by atoms with E-state index in [-0.39, 0.29) is 18.1 Å². The summed E-state index contributed by atoms with van der Waals surface area (Å²) in [5.74, 6) is -0.0128. The summed E-state index contributed by atoms with van der Waals surface area (Å²) in [7, 11) is 0. The lowest BCUT2D eigenvalue weighted by Crippen LogP contribution is -2.17. The first-order chi connectivity index (χ1) is 15.4. The highest BCUT2D eigenvalue weighted by atomic mass is 19.1. The number of rotatable bonds is 6. The molecule has 1 atom stereocenters. The zero-order valence-corrected chi connectivity index (χ0v) is 18.9. The van der Waals surface area contributed by atoms with E-state index in [1.54, 1.807) is 19.1 Å². The quantitative estimate of drug-likeness (QED) is 0.383. The third-order valence-corrected chi connectivity index (χ3v) is 6.00. The van der Waals surface area contributed by atoms with Crippen LogP contribution < -0.4 is 5.32 Å². The van der Waals surface area contributed by atoms with Crippen LogP contribution in [-0.4, -0.2) is 15.3 Å². The Kier molecular flexibility index (Phi) is 6.08. The molecule has 4 aromatic rings. The fourth-order valence-corrected chi connectivity index (χ4v) is 4.00. The van der Waals surface area contributed by atoms with Crippen LogP contribution in [0.5, 0.6) is 0 Å². The molecule has 164 valence electrons. The molecule has 0 radical (unpaired) electrons. The molecule has 1 N–H and O–H groups in total. The molecular weight excluding hydrogens is 401 g/mol. The van der Waals surface area contributed by atoms with E-state index in [9.17, 15) is 9.18 Å². The summed E-state index contributed by atoms with van der Waals surface area (Å²) < 4.78 is 15.8. The normalized spacial score (nSPS) is 12.2. The Bertz CT molecular complexity index is 1290. The number of benzene rings is 2. The molecule has 0 saturated carbocycles. The first-order valence-corrected chi connectivity index (χ1v) is 11.0. The molecule has 1 unspecified atom stereocenters. The minimum absolute atomic E-state index is 0.107. The van der Waals surface area contributed by atoms with Gasteiger partial charge in [0.05, 0.1) is 17.8 Å². The van der Waals surface area contributed by atoms with Crippen LogP contribution in [0.4, 0.5) is 10.1 Å². The van der Waals surface area contributed by atoms with Crippen molar-refractivity contribution in [1.82, 2.24) is 9.38 Å². The standard InChI is InChI=1S/C27H28FN3O/c1-5-18(3)21-8-6-7-9-23(21)29-26(32)15-24-27(20-11-12-22(28)19(4)14-20)30-25-13-10-17(2)16-31(24)25/h6-14,16,18H,5,15H2,1-4H3,(H,29,32). The monoisotopic (exact) mass is 429 g/mol. The Labute approximate surface area is 188 Å². The molecule has 0 fully saturated rings. The van der Waals surface area contributed by atoms with E-state index >= 15 is 0 Å². The van der Waals surface area contributed by atoms with Crippen LogP contribution in [-0.2, 0) is 11.2 Å². The van der Waals surface area contributed by atoms with Gasteiger partial charge in [0.1, 0.15) is 11.5 Å². The van der Waals surface area contributed by atoms with E-state index in [1.165, 1.54) is 6.07 Å². The number of nitrogens with zero attached hydrogens (tertiary/aromatic N) is 2. The fourth-order valence-electron chi connectivity index (χ4n) is 4.00. The molecule has 0 saturated heterocycles. The number of imidazole rings is 1. The van der Waals surface area contributed by atoms with Crippen molar-refractivity contribution in [2.24, 2.45) is 0 Å². The largest absolute Gasteiger partial charge is 0.325 e. The highest BCUT2D eigenvalue weighted by Gasteiger charge is 2.19. The molecule has 32 heavy (non-hydrogen) atoms. The van der Waals surface area contributed by atoms with Gasteiger partial charge in [0, 0.05) is 17.4 Å². The van der Waals surface area contributed by atoms with Crippen molar-refractivity contribution in [3.05, 3.63) is 89.0 Å². The van der Waals surface area contributed by atoms with Crippen LogP contribution in [0.3, 0.4) is 0 Å². The average molecular weight is 430 g/mol. The van der Waals surface area contributed by atoms with Gasteiger partial charge in [-0.2, -0.15) is 0 Å². The molecule has 1 amide bonds. The minimum Gasteiger partial charge on any atom is -0.325 e. The number of anilines is 1. The fraction of sp³-hybridized carbons (Fsp3) is 0.259. The molecule has 2 aromatic carbocycles. The van der Waals surface area contributed by atoms with Crippen molar-refractivity contribution in [2.75, 3.05) is 5.32 Å². The Morgan fingerprint density at radius 1 is 1.12 bits per heavy atom. The van der Waals surface area contributed by atoms with E-state index in [2.05, 4.69) is 25.2 Å². The predicted octanol–water partition coefficient (Wildman–Crippen LogP) is 6.45. The number of fused-ring (bicyclic) bond motifs is 1. The highest BCUT2D eigenvalue weighted by Crippen LogP contribution is 2.29. The minimum atomic E-state index is -0.255. The van der Waals surface area contributed by atoms with E-state index < -0.39 is 0 Å². The second kappa shape index (κ2) is 8.95. The second-order valence-electron chi connectivity index (χ2n) is 8.43. The first kappa shape index (κ1) is 21.8. The lowest BCUT2D eigenvalue weighted by Gasteiger charge is -2.16. The van der Waals surface area contributed by atoms with Gasteiger partial charge in [0.2, 0.25) is 5.91 Å². The van der Waals surface area contributed by atoms with Gasteiger partial charge in [0.15, 0.2) is 0 Å². The molecule has 5 heteroatoms. The number of para-hydroxylation sites is 1. The van der Waals surface area contributed by atoms with Gasteiger partial charge in [-0.25, -0.2) is 9.37 Å². The van der Waals surface area contributed by atoms with Crippen LogP contribution in [0.1, 0.15) is 48.6 Å². The summed E-state index contributed by atoms with van der Waals surface area (Å²) in [6, 6.07) is 16.8. The molecule has 4 nitrogen and oxygen atoms in total. The number of carbonyl (C=O) groups excluding carboxylic acids is 1. The SMILES string of the molecule is CCC(C)c1ccccc1NC(=O)Cc1c(-c2ccc(F)c(C)c2)nc2ccc(C)cn12. The zero-order chi connectivity index (χ0) is 22.8. The molecule has 4 rings (SSSR count). The molecule has 0 spiro atoms. The van der Waals surface area contributed by atoms with Gasteiger partial charge in [-0.05, 0) is 73.2 Å². The van der Waals surface area contributed by atoms with E-state index in [0.29, 0.717) is 17.2 Å². The summed E-state index contributed by atoms with van der Waals surface area (Å²) in [6.45, 7) is 8.04. The third-order valence-electron chi connectivity index (χ3n) is 6.00. The van der Waals surface area contributed by atoms with Gasteiger partial charge in [-0.3, -0.25) is 4.79 Å². The van der Waals surface area contributed by atoms with Gasteiger partial charge >= 0.3 is 0 Å². The molecule has 2 heterocycles. The maximum atomic E-state index is 13.9. The van der Waals surface area contributed by atoms with Crippen molar-refractivity contribution >= 4 is 17.2 Å². The van der Waals surface area contributed by atoms with Crippen LogP contribution in [0.2, 0.25) is 0 Å². The number of carbonyl (C=O) groups is 1. The summed E-state index contributed by atoms with van der Waals surface area (Å²) in [6.07, 6.45) is 3.14. The van der Waals surface area contributed by atoms with Gasteiger partial charge in [0.25, 0.3) is 0 Å². The molecular formula is C27H28FN3O. The molecule has 0 aliphatic heterocycles. The number of pyridine rings is 1. The lowest BCUT2D eigenvalue weighted by molar-refractivity contribution is -0.115. The van der Waals surface area contributed by atoms with Crippen LogP contribution in [0.15, 0.2) is 60.8 Å². The molecule has 0 aliphatic rings. The third kappa shape index (κ3) is 4.28. The maximum Gasteiger partial charge on any atom is 0.230 e. The van der Waals surface area contributed by atoms with Gasteiger partial charge < -0.3 is 9.72 Å². The Balaban J connectivity index is 1.73. The van der Waals surface area contributed by atoms with Crippen molar-refractivity contribution < 1.29 is 9.18 Å². The summed E-state index contributed by atoms with van der Waals surface area (Å²) in [5, 5.41) is 3.10. The van der Waals surface area contributed by atoms with Crippen LogP contribution in [0.25, 0.3) is 16.9 Å². The Morgan fingerprint density at radius 2 is 1.91 bits per heavy atom. The Hall–Kier alpha value is -3.47. The number of hydrogen-bond donors (Lipinski definition) is 1. The second-order valence-corrected chi connectivity index (χ2v) is 8.43. The number of hydrogen-bond acceptors (Lipinski definition) is 2. The topological polar surface area (TPSA) is 46.4 Å². The Morgan fingerprint density at radius 3 is 2.66 bits per heavy atom. The van der Waals surface area contributed by atoms with Crippen molar-refractivity contribution in [3.8, 4) is 11.3 Å². The average Bonchev–Trinajstić information content (AvgIpc) is 3.12. The summed E-state index contributed by atoms with van der Waals surface area (Å²) >= 11 is 0. The maximum absolute atomic E-state index is 13.9. The number of aromatic nitrogens is 2. The first-order valence-electron chi connectivity index (χ1n) is 11.0. The van der Waals surface area contributed by atoms with Crippen LogP contribution in [0, 0.1) is 19.7 Å². The number of halogens is 1. The van der Waals surface area contributed by atoms with Gasteiger partial charge in [-0.15, -0.1) is 0 Å². The van der Waals surface area contributed by atoms with E-state index in [1.807, 2.05) is 47.9 Å². The number of aryl methyl sites for hydroxylation is 2. The van der Waals surface area contributed by atoms with E-state index in [4.69, 9.17) is 4.98 Å². The van der Waals surface area contributed by atoms with Crippen molar-refractivity contribution in [2.45, 2.75) is 46.5 Å². The van der Waals surface area contributed by atoms with E-state index in [0.717, 1.165) is 40.1 Å².